The Kier molecular flexibility index (Phi) is 7.43. The number of fused-ring (bicyclic) bond motifs is 1. The average Bonchev–Trinajstić information content (AvgIpc) is 3.22. The molecule has 2 aliphatic rings. The average molecular weight is 458 g/mol. The summed E-state index contributed by atoms with van der Waals surface area (Å²) in [4.78, 5) is 44.3. The number of imide groups is 1. The monoisotopic (exact) mass is 457 g/mol. The first-order valence-electron chi connectivity index (χ1n) is 11.0. The Hall–Kier alpha value is -3.33. The molecule has 0 aromatic heterocycles. The molecule has 0 saturated heterocycles. The molecule has 3 amide bonds. The lowest BCUT2D eigenvalue weighted by molar-refractivity contribution is -0.392. The Balaban J connectivity index is 1.83. The number of ether oxygens (including phenoxy) is 1. The van der Waals surface area contributed by atoms with Crippen LogP contribution in [0.5, 0.6) is 0 Å². The summed E-state index contributed by atoms with van der Waals surface area (Å²) >= 11 is 0. The second-order valence-corrected chi connectivity index (χ2v) is 7.95. The van der Waals surface area contributed by atoms with E-state index in [1.165, 1.54) is 25.3 Å². The predicted molar refractivity (Wildman–Crippen MR) is 123 cm³/mol. The normalized spacial score (nSPS) is 18.8. The van der Waals surface area contributed by atoms with Crippen LogP contribution in [0.2, 0.25) is 0 Å². The fourth-order valence-electron chi connectivity index (χ4n) is 4.19. The molecule has 2 heterocycles. The van der Waals surface area contributed by atoms with Crippen LogP contribution in [0.15, 0.2) is 35.5 Å². The van der Waals surface area contributed by atoms with Gasteiger partial charge in [-0.05, 0) is 38.2 Å². The summed E-state index contributed by atoms with van der Waals surface area (Å²) in [6.45, 7) is 10.9. The van der Waals surface area contributed by atoms with Crippen molar-refractivity contribution in [1.82, 2.24) is 10.2 Å². The topological polar surface area (TPSA) is 92.9 Å². The van der Waals surface area contributed by atoms with Crippen molar-refractivity contribution >= 4 is 34.9 Å². The molecule has 8 nitrogen and oxygen atoms in total. The van der Waals surface area contributed by atoms with Gasteiger partial charge >= 0.3 is 6.09 Å². The second kappa shape index (κ2) is 10.1. The molecule has 1 aromatic rings. The number of methoxy groups -OCH3 is 1. The van der Waals surface area contributed by atoms with E-state index in [0.717, 1.165) is 24.5 Å². The second-order valence-electron chi connectivity index (χ2n) is 7.95. The van der Waals surface area contributed by atoms with Gasteiger partial charge < -0.3 is 15.0 Å². The van der Waals surface area contributed by atoms with Crippen LogP contribution in [0.25, 0.3) is 5.57 Å². The summed E-state index contributed by atoms with van der Waals surface area (Å²) in [5, 5.41) is 2.96. The van der Waals surface area contributed by atoms with Crippen LogP contribution in [0, 0.1) is 11.7 Å². The molecule has 1 atom stereocenters. The maximum Gasteiger partial charge on any atom is 0.421 e. The van der Waals surface area contributed by atoms with Gasteiger partial charge in [0.15, 0.2) is 11.4 Å². The van der Waals surface area contributed by atoms with Crippen LogP contribution < -0.4 is 15.2 Å². The summed E-state index contributed by atoms with van der Waals surface area (Å²) < 4.78 is 18.7. The Labute approximate surface area is 192 Å². The van der Waals surface area contributed by atoms with E-state index in [1.54, 1.807) is 13.0 Å². The number of allylic oxidation sites excluding steroid dienone is 2. The van der Waals surface area contributed by atoms with E-state index in [2.05, 4.69) is 29.1 Å². The van der Waals surface area contributed by atoms with Gasteiger partial charge in [0.2, 0.25) is 0 Å². The number of benzene rings is 1. The molecular weight excluding hydrogens is 427 g/mol. The fourth-order valence-corrected chi connectivity index (χ4v) is 4.19. The minimum Gasteiger partial charge on any atom is -0.452 e. The molecule has 9 heteroatoms. The number of carbonyl (C=O) groups excluding carboxylic acids is 3. The number of hydrogen-bond acceptors (Lipinski definition) is 5. The lowest BCUT2D eigenvalue weighted by Crippen LogP contribution is -2.68. The Morgan fingerprint density at radius 3 is 2.64 bits per heavy atom. The molecule has 0 fully saturated rings. The summed E-state index contributed by atoms with van der Waals surface area (Å²) in [5.41, 5.74) is 2.58. The molecule has 2 N–H and O–H groups in total. The lowest BCUT2D eigenvalue weighted by atomic mass is 9.94. The predicted octanol–water partition coefficient (Wildman–Crippen LogP) is 1.23. The van der Waals surface area contributed by atoms with Gasteiger partial charge in [-0.25, -0.2) is 19.1 Å². The van der Waals surface area contributed by atoms with Gasteiger partial charge in [0, 0.05) is 31.7 Å². The molecular formula is C24H30FN4O4+. The summed E-state index contributed by atoms with van der Waals surface area (Å²) in [7, 11) is 1.17. The quantitative estimate of drug-likeness (QED) is 0.601. The van der Waals surface area contributed by atoms with Crippen LogP contribution in [0.1, 0.15) is 33.3 Å². The molecule has 0 radical (unpaired) electrons. The SMILES string of the molecule is CCN(CC)CCNC(=O)C1=C(C)[NH+]=C(/C=C2\C(=O)N(C(=O)OC)c3ccc(F)cc32)C1C. The molecule has 2 aliphatic heterocycles. The third-order valence-electron chi connectivity index (χ3n) is 6.07. The van der Waals surface area contributed by atoms with Crippen LogP contribution >= 0.6 is 0 Å². The summed E-state index contributed by atoms with van der Waals surface area (Å²) in [5.74, 6) is -1.63. The van der Waals surface area contributed by atoms with E-state index in [4.69, 9.17) is 4.74 Å². The summed E-state index contributed by atoms with van der Waals surface area (Å²) in [6, 6.07) is 3.76. The number of anilines is 1. The number of carbonyl (C=O) groups is 3. The first-order valence-corrected chi connectivity index (χ1v) is 11.0. The zero-order valence-electron chi connectivity index (χ0n) is 19.6. The standard InChI is InChI=1S/C24H29FN4O4/c1-6-28(7-2)11-10-26-22(30)21-14(3)19(27-15(21)4)13-18-17-12-16(25)8-9-20(17)29(23(18)31)24(32)33-5/h8-9,12-14H,6-7,10-11H2,1-5H3,(H,26,30)/p+1/b18-13-. The Morgan fingerprint density at radius 1 is 1.30 bits per heavy atom. The number of halogens is 1. The lowest BCUT2D eigenvalue weighted by Gasteiger charge is -2.18. The van der Waals surface area contributed by atoms with E-state index < -0.39 is 17.8 Å². The molecule has 0 spiro atoms. The third kappa shape index (κ3) is 4.73. The number of likely N-dealkylation sites (N-methyl/N-ethyl adjacent to an activating group) is 1. The number of nitrogens with one attached hydrogen (secondary N) is 2. The minimum atomic E-state index is -0.851. The first kappa shape index (κ1) is 24.3. The molecule has 1 aromatic carbocycles. The van der Waals surface area contributed by atoms with Crippen LogP contribution in [-0.2, 0) is 14.3 Å². The van der Waals surface area contributed by atoms with Crippen molar-refractivity contribution in [2.75, 3.05) is 38.2 Å². The van der Waals surface area contributed by atoms with Crippen LogP contribution in [0.3, 0.4) is 0 Å². The molecule has 0 saturated carbocycles. The zero-order valence-corrected chi connectivity index (χ0v) is 19.6. The molecule has 0 bridgehead atoms. The first-order chi connectivity index (χ1) is 15.7. The van der Waals surface area contributed by atoms with E-state index in [1.807, 2.05) is 6.92 Å². The van der Waals surface area contributed by atoms with Crippen LogP contribution in [0.4, 0.5) is 14.9 Å². The molecule has 176 valence electrons. The fraction of sp³-hybridized carbons (Fsp3) is 0.417. The van der Waals surface area contributed by atoms with Gasteiger partial charge in [0.05, 0.1) is 29.9 Å². The minimum absolute atomic E-state index is 0.153. The largest absolute Gasteiger partial charge is 0.452 e. The number of hydrogen-bond donors (Lipinski definition) is 2. The number of nitrogens with zero attached hydrogens (tertiary/aromatic N) is 2. The highest BCUT2D eigenvalue weighted by Crippen LogP contribution is 2.38. The highest BCUT2D eigenvalue weighted by molar-refractivity contribution is 6.40. The highest BCUT2D eigenvalue weighted by Gasteiger charge is 2.40. The van der Waals surface area contributed by atoms with Gasteiger partial charge in [-0.2, -0.15) is 0 Å². The zero-order chi connectivity index (χ0) is 24.3. The van der Waals surface area contributed by atoms with Crippen molar-refractivity contribution in [3.05, 3.63) is 46.9 Å². The Morgan fingerprint density at radius 2 is 2.00 bits per heavy atom. The number of rotatable bonds is 7. The maximum atomic E-state index is 14.0. The third-order valence-corrected chi connectivity index (χ3v) is 6.07. The van der Waals surface area contributed by atoms with Crippen molar-refractivity contribution in [3.63, 3.8) is 0 Å². The molecule has 1 unspecified atom stereocenters. The number of amides is 3. The van der Waals surface area contributed by atoms with Gasteiger partial charge in [-0.1, -0.05) is 13.8 Å². The molecule has 3 rings (SSSR count). The van der Waals surface area contributed by atoms with E-state index in [9.17, 15) is 18.8 Å². The van der Waals surface area contributed by atoms with Crippen LogP contribution in [-0.4, -0.2) is 61.8 Å². The van der Waals surface area contributed by atoms with Crippen molar-refractivity contribution < 1.29 is 28.5 Å². The highest BCUT2D eigenvalue weighted by atomic mass is 19.1. The van der Waals surface area contributed by atoms with Crippen molar-refractivity contribution in [2.24, 2.45) is 5.92 Å². The van der Waals surface area contributed by atoms with Crippen molar-refractivity contribution in [1.29, 1.82) is 0 Å². The smallest absolute Gasteiger partial charge is 0.421 e. The van der Waals surface area contributed by atoms with E-state index in [-0.39, 0.29) is 23.1 Å². The van der Waals surface area contributed by atoms with Gasteiger partial charge in [-0.15, -0.1) is 0 Å². The Bertz CT molecular complexity index is 1070. The van der Waals surface area contributed by atoms with E-state index in [0.29, 0.717) is 29.1 Å². The molecule has 0 aliphatic carbocycles. The van der Waals surface area contributed by atoms with Gasteiger partial charge in [-0.3, -0.25) is 9.59 Å². The van der Waals surface area contributed by atoms with E-state index >= 15 is 0 Å². The van der Waals surface area contributed by atoms with Crippen molar-refractivity contribution in [3.8, 4) is 0 Å². The summed E-state index contributed by atoms with van der Waals surface area (Å²) in [6.07, 6.45) is 0.727. The van der Waals surface area contributed by atoms with Gasteiger partial charge in [0.25, 0.3) is 11.8 Å². The van der Waals surface area contributed by atoms with Gasteiger partial charge in [0.1, 0.15) is 5.82 Å². The molecule has 33 heavy (non-hydrogen) atoms. The van der Waals surface area contributed by atoms with Crippen molar-refractivity contribution in [2.45, 2.75) is 27.7 Å². The maximum absolute atomic E-state index is 14.0.